The first-order chi connectivity index (χ1) is 8.41. The number of nitrogens with two attached hydrogens (primary N) is 3. The monoisotopic (exact) mass is 250 g/mol. The summed E-state index contributed by atoms with van der Waals surface area (Å²) in [6, 6.07) is 0.255. The number of nitrogens with zero attached hydrogens (tertiary/aromatic N) is 3. The summed E-state index contributed by atoms with van der Waals surface area (Å²) in [6.07, 6.45) is 5.90. The van der Waals surface area contributed by atoms with Gasteiger partial charge in [-0.25, -0.2) is 15.8 Å². The average molecular weight is 250 g/mol. The maximum atomic E-state index is 6.17. The third-order valence-corrected chi connectivity index (χ3v) is 3.71. The third kappa shape index (κ3) is 2.48. The SMILES string of the molecule is CC1(C)CCCC(N(N)c2ncnc(N)c2N)C1. The molecule has 1 fully saturated rings. The molecular formula is C12H22N6. The van der Waals surface area contributed by atoms with Gasteiger partial charge in [-0.1, -0.05) is 20.3 Å². The first-order valence-corrected chi connectivity index (χ1v) is 6.30. The zero-order chi connectivity index (χ0) is 13.3. The predicted octanol–water partition coefficient (Wildman–Crippen LogP) is 1.29. The molecule has 0 aromatic carbocycles. The van der Waals surface area contributed by atoms with E-state index in [0.29, 0.717) is 16.9 Å². The van der Waals surface area contributed by atoms with Gasteiger partial charge in [-0.15, -0.1) is 0 Å². The first kappa shape index (κ1) is 12.9. The summed E-state index contributed by atoms with van der Waals surface area (Å²) in [4.78, 5) is 8.00. The first-order valence-electron chi connectivity index (χ1n) is 6.30. The summed E-state index contributed by atoms with van der Waals surface area (Å²) in [5.41, 5.74) is 12.2. The molecule has 100 valence electrons. The van der Waals surface area contributed by atoms with Crippen LogP contribution in [-0.4, -0.2) is 16.0 Å². The van der Waals surface area contributed by atoms with E-state index in [1.807, 2.05) is 0 Å². The molecule has 6 nitrogen and oxygen atoms in total. The Hall–Kier alpha value is -1.56. The van der Waals surface area contributed by atoms with Crippen molar-refractivity contribution in [3.8, 4) is 0 Å². The van der Waals surface area contributed by atoms with Crippen molar-refractivity contribution in [2.45, 2.75) is 45.6 Å². The van der Waals surface area contributed by atoms with Crippen molar-refractivity contribution >= 4 is 17.3 Å². The fourth-order valence-electron chi connectivity index (χ4n) is 2.67. The number of nitrogen functional groups attached to an aromatic ring is 2. The highest BCUT2D eigenvalue weighted by Gasteiger charge is 2.31. The summed E-state index contributed by atoms with van der Waals surface area (Å²) in [5, 5.41) is 1.66. The lowest BCUT2D eigenvalue weighted by atomic mass is 9.75. The van der Waals surface area contributed by atoms with Crippen LogP contribution in [0.2, 0.25) is 0 Å². The van der Waals surface area contributed by atoms with E-state index in [-0.39, 0.29) is 11.9 Å². The van der Waals surface area contributed by atoms with Crippen molar-refractivity contribution in [1.82, 2.24) is 9.97 Å². The van der Waals surface area contributed by atoms with Crippen LogP contribution in [-0.2, 0) is 0 Å². The molecule has 6 N–H and O–H groups in total. The fraction of sp³-hybridized carbons (Fsp3) is 0.667. The Balaban J connectivity index is 2.20. The Bertz CT molecular complexity index is 431. The number of aromatic nitrogens is 2. The molecule has 2 rings (SSSR count). The van der Waals surface area contributed by atoms with Crippen LogP contribution in [0.3, 0.4) is 0 Å². The molecule has 18 heavy (non-hydrogen) atoms. The van der Waals surface area contributed by atoms with Gasteiger partial charge in [0, 0.05) is 6.04 Å². The van der Waals surface area contributed by atoms with E-state index in [9.17, 15) is 0 Å². The maximum Gasteiger partial charge on any atom is 0.171 e. The maximum absolute atomic E-state index is 6.17. The quantitative estimate of drug-likeness (QED) is 0.539. The van der Waals surface area contributed by atoms with Gasteiger partial charge in [0.15, 0.2) is 11.6 Å². The van der Waals surface area contributed by atoms with Crippen LogP contribution in [0.4, 0.5) is 17.3 Å². The topological polar surface area (TPSA) is 107 Å². The van der Waals surface area contributed by atoms with Crippen molar-refractivity contribution in [2.75, 3.05) is 16.5 Å². The van der Waals surface area contributed by atoms with Crippen molar-refractivity contribution in [3.63, 3.8) is 0 Å². The molecule has 1 aliphatic rings. The summed E-state index contributed by atoms with van der Waals surface area (Å²) in [7, 11) is 0. The van der Waals surface area contributed by atoms with Crippen molar-refractivity contribution < 1.29 is 0 Å². The molecule has 6 heteroatoms. The molecular weight excluding hydrogens is 228 g/mol. The van der Waals surface area contributed by atoms with Crippen LogP contribution >= 0.6 is 0 Å². The highest BCUT2D eigenvalue weighted by atomic mass is 15.5. The van der Waals surface area contributed by atoms with Crippen LogP contribution in [0.15, 0.2) is 6.33 Å². The van der Waals surface area contributed by atoms with Gasteiger partial charge in [0.25, 0.3) is 0 Å². The molecule has 1 aromatic rings. The Morgan fingerprint density at radius 2 is 2.06 bits per heavy atom. The van der Waals surface area contributed by atoms with Crippen LogP contribution in [0.25, 0.3) is 0 Å². The second kappa shape index (κ2) is 4.61. The molecule has 1 saturated carbocycles. The lowest BCUT2D eigenvalue weighted by molar-refractivity contribution is 0.214. The van der Waals surface area contributed by atoms with Gasteiger partial charge in [0.1, 0.15) is 12.0 Å². The van der Waals surface area contributed by atoms with Crippen LogP contribution < -0.4 is 22.3 Å². The van der Waals surface area contributed by atoms with Crippen LogP contribution in [0.1, 0.15) is 39.5 Å². The van der Waals surface area contributed by atoms with Gasteiger partial charge in [0.05, 0.1) is 0 Å². The molecule has 1 unspecified atom stereocenters. The lowest BCUT2D eigenvalue weighted by Gasteiger charge is -2.39. The van der Waals surface area contributed by atoms with Gasteiger partial charge in [-0.2, -0.15) is 0 Å². The normalized spacial score (nSPS) is 22.7. The van der Waals surface area contributed by atoms with Crippen LogP contribution in [0, 0.1) is 5.41 Å². The van der Waals surface area contributed by atoms with E-state index in [4.69, 9.17) is 17.3 Å². The zero-order valence-corrected chi connectivity index (χ0v) is 11.1. The number of rotatable bonds is 2. The van der Waals surface area contributed by atoms with E-state index in [0.717, 1.165) is 12.8 Å². The lowest BCUT2D eigenvalue weighted by Crippen LogP contribution is -2.46. The molecule has 0 amide bonds. The molecule has 0 saturated heterocycles. The molecule has 0 aliphatic heterocycles. The summed E-state index contributed by atoms with van der Waals surface area (Å²) in [6.45, 7) is 4.54. The standard InChI is InChI=1S/C12H22N6/c1-12(2)5-3-4-8(6-12)18(15)11-9(13)10(14)16-7-17-11/h7-8H,3-6,13,15H2,1-2H3,(H2,14,16,17). The molecule has 1 heterocycles. The second-order valence-corrected chi connectivity index (χ2v) is 5.82. The summed E-state index contributed by atoms with van der Waals surface area (Å²) in [5.74, 6) is 6.98. The number of hydrazine groups is 1. The van der Waals surface area contributed by atoms with Crippen molar-refractivity contribution in [1.29, 1.82) is 0 Å². The second-order valence-electron chi connectivity index (χ2n) is 5.82. The molecule has 0 bridgehead atoms. The van der Waals surface area contributed by atoms with Crippen molar-refractivity contribution in [2.24, 2.45) is 11.3 Å². The Morgan fingerprint density at radius 3 is 2.72 bits per heavy atom. The summed E-state index contributed by atoms with van der Waals surface area (Å²) < 4.78 is 0. The van der Waals surface area contributed by atoms with E-state index in [1.54, 1.807) is 5.01 Å². The number of hydrogen-bond acceptors (Lipinski definition) is 6. The molecule has 1 atom stereocenters. The van der Waals surface area contributed by atoms with Gasteiger partial charge in [-0.05, 0) is 24.7 Å². The Kier molecular flexibility index (Phi) is 3.30. The number of hydrogen-bond donors (Lipinski definition) is 3. The van der Waals surface area contributed by atoms with E-state index < -0.39 is 0 Å². The van der Waals surface area contributed by atoms with Crippen molar-refractivity contribution in [3.05, 3.63) is 6.33 Å². The Labute approximate surface area is 108 Å². The minimum atomic E-state index is 0.255. The van der Waals surface area contributed by atoms with E-state index >= 15 is 0 Å². The van der Waals surface area contributed by atoms with Gasteiger partial charge >= 0.3 is 0 Å². The number of anilines is 3. The Morgan fingerprint density at radius 1 is 1.33 bits per heavy atom. The van der Waals surface area contributed by atoms with Gasteiger partial charge in [-0.3, -0.25) is 5.01 Å². The molecule has 0 spiro atoms. The predicted molar refractivity (Wildman–Crippen MR) is 73.6 cm³/mol. The largest absolute Gasteiger partial charge is 0.393 e. The molecule has 0 radical (unpaired) electrons. The van der Waals surface area contributed by atoms with Gasteiger partial charge < -0.3 is 11.5 Å². The summed E-state index contributed by atoms with van der Waals surface area (Å²) >= 11 is 0. The van der Waals surface area contributed by atoms with Crippen LogP contribution in [0.5, 0.6) is 0 Å². The smallest absolute Gasteiger partial charge is 0.171 e. The van der Waals surface area contributed by atoms with E-state index in [1.165, 1.54) is 19.2 Å². The average Bonchev–Trinajstić information content (AvgIpc) is 2.30. The molecule has 1 aromatic heterocycles. The minimum Gasteiger partial charge on any atom is -0.393 e. The van der Waals surface area contributed by atoms with E-state index in [2.05, 4.69) is 23.8 Å². The molecule has 1 aliphatic carbocycles. The highest BCUT2D eigenvalue weighted by molar-refractivity contribution is 5.72. The van der Waals surface area contributed by atoms with Gasteiger partial charge in [0.2, 0.25) is 0 Å². The zero-order valence-electron chi connectivity index (χ0n) is 11.1. The minimum absolute atomic E-state index is 0.255. The highest BCUT2D eigenvalue weighted by Crippen LogP contribution is 2.38. The fourth-order valence-corrected chi connectivity index (χ4v) is 2.67. The third-order valence-electron chi connectivity index (χ3n) is 3.71.